The van der Waals surface area contributed by atoms with E-state index in [2.05, 4.69) is 11.0 Å². The van der Waals surface area contributed by atoms with Crippen LogP contribution in [0, 0.1) is 11.3 Å². The van der Waals surface area contributed by atoms with Gasteiger partial charge in [-0.15, -0.1) is 0 Å². The van der Waals surface area contributed by atoms with Crippen LogP contribution in [-0.4, -0.2) is 24.1 Å². The minimum atomic E-state index is 0.307. The number of aryl methyl sites for hydroxylation is 2. The molecule has 0 unspecified atom stereocenters. The summed E-state index contributed by atoms with van der Waals surface area (Å²) in [7, 11) is 0. The Morgan fingerprint density at radius 1 is 1.33 bits per heavy atom. The second-order valence-corrected chi connectivity index (χ2v) is 5.26. The number of hydrogen-bond donors (Lipinski definition) is 1. The average molecular weight is 242 g/mol. The van der Waals surface area contributed by atoms with Gasteiger partial charge in [0.2, 0.25) is 0 Å². The Bertz CT molecular complexity index is 495. The molecule has 1 aromatic rings. The third-order valence-electron chi connectivity index (χ3n) is 3.99. The number of rotatable bonds is 1. The number of piperidine rings is 1. The monoisotopic (exact) mass is 242 g/mol. The quantitative estimate of drug-likeness (QED) is 0.807. The molecule has 1 aromatic heterocycles. The Kier molecular flexibility index (Phi) is 2.92. The number of pyridine rings is 1. The Morgan fingerprint density at radius 3 is 2.83 bits per heavy atom. The zero-order valence-electron chi connectivity index (χ0n) is 10.5. The zero-order chi connectivity index (χ0) is 12.5. The summed E-state index contributed by atoms with van der Waals surface area (Å²) in [6, 6.07) is 4.65. The van der Waals surface area contributed by atoms with Crippen LogP contribution in [0.5, 0.6) is 0 Å². The van der Waals surface area contributed by atoms with Gasteiger partial charge in [-0.25, -0.2) is 4.98 Å². The second kappa shape index (κ2) is 4.58. The predicted molar refractivity (Wildman–Crippen MR) is 70.4 cm³/mol. The van der Waals surface area contributed by atoms with Crippen LogP contribution in [0.25, 0.3) is 0 Å². The molecule has 0 radical (unpaired) electrons. The fraction of sp³-hybridized carbons (Fsp3) is 0.571. The van der Waals surface area contributed by atoms with Gasteiger partial charge < -0.3 is 10.6 Å². The molecular weight excluding hydrogens is 224 g/mol. The standard InChI is InChI=1S/C14H18N4/c15-9-11-8-10-2-1-3-13(10)17-14(11)18-6-4-12(16)5-7-18/h8,12H,1-7,16H2. The maximum absolute atomic E-state index is 9.29. The molecule has 3 rings (SSSR count). The van der Waals surface area contributed by atoms with Crippen LogP contribution >= 0.6 is 0 Å². The minimum Gasteiger partial charge on any atom is -0.355 e. The SMILES string of the molecule is N#Cc1cc2c(nc1N1CCC(N)CC1)CCC2. The molecule has 1 aliphatic carbocycles. The Hall–Kier alpha value is -1.60. The van der Waals surface area contributed by atoms with Crippen LogP contribution < -0.4 is 10.6 Å². The first kappa shape index (κ1) is 11.5. The summed E-state index contributed by atoms with van der Waals surface area (Å²) < 4.78 is 0. The van der Waals surface area contributed by atoms with Gasteiger partial charge in [0.25, 0.3) is 0 Å². The number of nitrogens with zero attached hydrogens (tertiary/aromatic N) is 3. The van der Waals surface area contributed by atoms with E-state index < -0.39 is 0 Å². The van der Waals surface area contributed by atoms with Gasteiger partial charge >= 0.3 is 0 Å². The smallest absolute Gasteiger partial charge is 0.146 e. The molecule has 1 aliphatic heterocycles. The van der Waals surface area contributed by atoms with Crippen LogP contribution in [0.2, 0.25) is 0 Å². The van der Waals surface area contributed by atoms with E-state index in [1.807, 2.05) is 6.07 Å². The Morgan fingerprint density at radius 2 is 2.11 bits per heavy atom. The zero-order valence-corrected chi connectivity index (χ0v) is 10.5. The first-order valence-corrected chi connectivity index (χ1v) is 6.71. The van der Waals surface area contributed by atoms with Gasteiger partial charge in [-0.2, -0.15) is 5.26 Å². The van der Waals surface area contributed by atoms with Crippen LogP contribution in [0.1, 0.15) is 36.1 Å². The lowest BCUT2D eigenvalue weighted by atomic mass is 10.0. The third kappa shape index (κ3) is 1.95. The molecule has 1 fully saturated rings. The molecule has 0 atom stereocenters. The molecular formula is C14H18N4. The average Bonchev–Trinajstić information content (AvgIpc) is 2.85. The summed E-state index contributed by atoms with van der Waals surface area (Å²) in [5.41, 5.74) is 9.11. The molecule has 0 bridgehead atoms. The van der Waals surface area contributed by atoms with Gasteiger partial charge in [0.15, 0.2) is 0 Å². The highest BCUT2D eigenvalue weighted by atomic mass is 15.2. The lowest BCUT2D eigenvalue weighted by Gasteiger charge is -2.31. The summed E-state index contributed by atoms with van der Waals surface area (Å²) >= 11 is 0. The number of nitriles is 1. The van der Waals surface area contributed by atoms with Gasteiger partial charge in [-0.1, -0.05) is 0 Å². The topological polar surface area (TPSA) is 65.9 Å². The van der Waals surface area contributed by atoms with E-state index in [4.69, 9.17) is 10.7 Å². The summed E-state index contributed by atoms with van der Waals surface area (Å²) in [4.78, 5) is 6.96. The van der Waals surface area contributed by atoms with Gasteiger partial charge in [-0.3, -0.25) is 0 Å². The first-order chi connectivity index (χ1) is 8.78. The molecule has 0 amide bonds. The summed E-state index contributed by atoms with van der Waals surface area (Å²) in [6.45, 7) is 1.84. The van der Waals surface area contributed by atoms with Crippen molar-refractivity contribution in [2.45, 2.75) is 38.1 Å². The van der Waals surface area contributed by atoms with Crippen LogP contribution in [0.3, 0.4) is 0 Å². The van der Waals surface area contributed by atoms with Crippen molar-refractivity contribution in [1.29, 1.82) is 5.26 Å². The maximum Gasteiger partial charge on any atom is 0.146 e. The number of anilines is 1. The van der Waals surface area contributed by atoms with Gasteiger partial charge in [-0.05, 0) is 43.7 Å². The molecule has 0 saturated carbocycles. The number of fused-ring (bicyclic) bond motifs is 1. The van der Waals surface area contributed by atoms with E-state index in [1.165, 1.54) is 17.7 Å². The summed E-state index contributed by atoms with van der Waals surface area (Å²) in [6.07, 6.45) is 5.28. The summed E-state index contributed by atoms with van der Waals surface area (Å²) in [5, 5.41) is 9.29. The molecule has 2 N–H and O–H groups in total. The fourth-order valence-electron chi connectivity index (χ4n) is 2.90. The van der Waals surface area contributed by atoms with Gasteiger partial charge in [0, 0.05) is 24.8 Å². The highest BCUT2D eigenvalue weighted by Crippen LogP contribution is 2.28. The van der Waals surface area contributed by atoms with E-state index in [0.717, 1.165) is 50.2 Å². The van der Waals surface area contributed by atoms with Crippen molar-refractivity contribution in [3.05, 3.63) is 22.9 Å². The van der Waals surface area contributed by atoms with Crippen molar-refractivity contribution in [3.8, 4) is 6.07 Å². The molecule has 0 aromatic carbocycles. The van der Waals surface area contributed by atoms with Gasteiger partial charge in [0.05, 0.1) is 5.56 Å². The maximum atomic E-state index is 9.29. The third-order valence-corrected chi connectivity index (χ3v) is 3.99. The lowest BCUT2D eigenvalue weighted by molar-refractivity contribution is 0.498. The predicted octanol–water partition coefficient (Wildman–Crippen LogP) is 1.37. The lowest BCUT2D eigenvalue weighted by Crippen LogP contribution is -2.40. The van der Waals surface area contributed by atoms with E-state index in [9.17, 15) is 5.26 Å². The second-order valence-electron chi connectivity index (χ2n) is 5.26. The van der Waals surface area contributed by atoms with Crippen molar-refractivity contribution in [2.24, 2.45) is 5.73 Å². The summed E-state index contributed by atoms with van der Waals surface area (Å²) in [5.74, 6) is 0.880. The van der Waals surface area contributed by atoms with E-state index in [1.54, 1.807) is 0 Å². The van der Waals surface area contributed by atoms with Crippen LogP contribution in [-0.2, 0) is 12.8 Å². The molecule has 2 heterocycles. The normalized spacial score (nSPS) is 19.7. The van der Waals surface area contributed by atoms with E-state index in [-0.39, 0.29) is 0 Å². The van der Waals surface area contributed by atoms with Gasteiger partial charge in [0.1, 0.15) is 11.9 Å². The van der Waals surface area contributed by atoms with Crippen molar-refractivity contribution < 1.29 is 0 Å². The van der Waals surface area contributed by atoms with Crippen molar-refractivity contribution in [1.82, 2.24) is 4.98 Å². The molecule has 94 valence electrons. The van der Waals surface area contributed by atoms with Crippen molar-refractivity contribution >= 4 is 5.82 Å². The Balaban J connectivity index is 1.94. The molecule has 0 spiro atoms. The molecule has 4 nitrogen and oxygen atoms in total. The van der Waals surface area contributed by atoms with Crippen molar-refractivity contribution in [2.75, 3.05) is 18.0 Å². The van der Waals surface area contributed by atoms with E-state index in [0.29, 0.717) is 6.04 Å². The highest BCUT2D eigenvalue weighted by Gasteiger charge is 2.23. The molecule has 2 aliphatic rings. The highest BCUT2D eigenvalue weighted by molar-refractivity contribution is 5.57. The van der Waals surface area contributed by atoms with Crippen molar-refractivity contribution in [3.63, 3.8) is 0 Å². The fourth-order valence-corrected chi connectivity index (χ4v) is 2.90. The molecule has 18 heavy (non-hydrogen) atoms. The van der Waals surface area contributed by atoms with E-state index >= 15 is 0 Å². The Labute approximate surface area is 107 Å². The largest absolute Gasteiger partial charge is 0.355 e. The van der Waals surface area contributed by atoms with Crippen LogP contribution in [0.4, 0.5) is 5.82 Å². The molecule has 1 saturated heterocycles. The molecule has 4 heteroatoms. The van der Waals surface area contributed by atoms with Crippen LogP contribution in [0.15, 0.2) is 6.07 Å². The number of aromatic nitrogens is 1. The number of hydrogen-bond acceptors (Lipinski definition) is 4. The number of nitrogens with two attached hydrogens (primary N) is 1. The first-order valence-electron chi connectivity index (χ1n) is 6.71. The minimum absolute atomic E-state index is 0.307.